The number of sulfonamides is 1. The van der Waals surface area contributed by atoms with Crippen molar-refractivity contribution in [2.75, 3.05) is 26.2 Å². The molecule has 2 heterocycles. The van der Waals surface area contributed by atoms with Gasteiger partial charge in [0.1, 0.15) is 5.82 Å². The minimum absolute atomic E-state index is 0.121. The van der Waals surface area contributed by atoms with E-state index >= 15 is 0 Å². The Morgan fingerprint density at radius 1 is 0.968 bits per heavy atom. The minimum atomic E-state index is -3.61. The van der Waals surface area contributed by atoms with Crippen LogP contribution in [0.15, 0.2) is 65.7 Å². The number of aromatic nitrogens is 2. The van der Waals surface area contributed by atoms with E-state index in [2.05, 4.69) is 14.9 Å². The summed E-state index contributed by atoms with van der Waals surface area (Å²) in [5, 5.41) is 0. The number of rotatable bonds is 6. The lowest BCUT2D eigenvalue weighted by Gasteiger charge is -2.21. The summed E-state index contributed by atoms with van der Waals surface area (Å²) in [6, 6.07) is 15.2. The van der Waals surface area contributed by atoms with Gasteiger partial charge in [-0.25, -0.2) is 13.4 Å². The largest absolute Gasteiger partial charge is 0.345 e. The molecule has 0 amide bonds. The van der Waals surface area contributed by atoms with Crippen LogP contribution in [0.4, 0.5) is 0 Å². The minimum Gasteiger partial charge on any atom is -0.345 e. The molecule has 0 saturated carbocycles. The van der Waals surface area contributed by atoms with Crippen molar-refractivity contribution >= 4 is 15.8 Å². The van der Waals surface area contributed by atoms with Crippen molar-refractivity contribution in [3.8, 4) is 0 Å². The first-order chi connectivity index (χ1) is 14.9. The summed E-state index contributed by atoms with van der Waals surface area (Å²) in [6.07, 6.45) is 2.59. The van der Waals surface area contributed by atoms with E-state index in [1.807, 2.05) is 31.3 Å². The highest BCUT2D eigenvalue weighted by Crippen LogP contribution is 2.20. The SMILES string of the molecule is Cc1ncc(CN2CCCN(S(=O)(=O)c3ccc(C(=O)c4ccccc4)cc3)CC2)[nH]1. The van der Waals surface area contributed by atoms with Gasteiger partial charge in [0.05, 0.1) is 4.90 Å². The second kappa shape index (κ2) is 9.13. The van der Waals surface area contributed by atoms with Crippen LogP contribution in [0.2, 0.25) is 0 Å². The van der Waals surface area contributed by atoms with E-state index in [1.165, 1.54) is 12.1 Å². The van der Waals surface area contributed by atoms with E-state index in [0.29, 0.717) is 30.8 Å². The zero-order chi connectivity index (χ0) is 21.8. The van der Waals surface area contributed by atoms with E-state index in [4.69, 9.17) is 0 Å². The molecule has 1 fully saturated rings. The first-order valence-electron chi connectivity index (χ1n) is 10.4. The van der Waals surface area contributed by atoms with Crippen LogP contribution in [0.3, 0.4) is 0 Å². The Kier molecular flexibility index (Phi) is 6.31. The quantitative estimate of drug-likeness (QED) is 0.598. The number of carbonyl (C=O) groups is 1. The van der Waals surface area contributed by atoms with Gasteiger partial charge >= 0.3 is 0 Å². The van der Waals surface area contributed by atoms with Crippen LogP contribution in [0.25, 0.3) is 0 Å². The molecular formula is C23H26N4O3S. The van der Waals surface area contributed by atoms with Crippen molar-refractivity contribution in [1.29, 1.82) is 0 Å². The number of benzene rings is 2. The van der Waals surface area contributed by atoms with Gasteiger partial charge in [-0.1, -0.05) is 30.3 Å². The summed E-state index contributed by atoms with van der Waals surface area (Å²) in [4.78, 5) is 22.5. The average Bonchev–Trinajstić information content (AvgIpc) is 3.05. The van der Waals surface area contributed by atoms with Gasteiger partial charge in [-0.15, -0.1) is 0 Å². The molecule has 4 rings (SSSR count). The summed E-state index contributed by atoms with van der Waals surface area (Å²) in [5.41, 5.74) is 2.09. The van der Waals surface area contributed by atoms with Crippen molar-refractivity contribution in [1.82, 2.24) is 19.2 Å². The summed E-state index contributed by atoms with van der Waals surface area (Å²) < 4.78 is 27.9. The molecule has 1 aliphatic rings. The number of hydrogen-bond donors (Lipinski definition) is 1. The van der Waals surface area contributed by atoms with E-state index in [0.717, 1.165) is 31.0 Å². The zero-order valence-electron chi connectivity index (χ0n) is 17.5. The number of nitrogens with zero attached hydrogens (tertiary/aromatic N) is 3. The van der Waals surface area contributed by atoms with Gasteiger partial charge in [-0.2, -0.15) is 4.31 Å². The monoisotopic (exact) mass is 438 g/mol. The molecule has 0 unspecified atom stereocenters. The topological polar surface area (TPSA) is 86.4 Å². The number of ketones is 1. The standard InChI is InChI=1S/C23H26N4O3S/c1-18-24-16-21(25-18)17-26-12-5-13-27(15-14-26)31(29,30)22-10-8-20(9-11-22)23(28)19-6-3-2-4-7-19/h2-4,6-11,16H,5,12-15,17H2,1H3,(H,24,25). The summed E-state index contributed by atoms with van der Waals surface area (Å²) in [7, 11) is -3.61. The fourth-order valence-electron chi connectivity index (χ4n) is 3.82. The first kappa shape index (κ1) is 21.4. The highest BCUT2D eigenvalue weighted by molar-refractivity contribution is 7.89. The van der Waals surface area contributed by atoms with Crippen LogP contribution in [-0.2, 0) is 16.6 Å². The maximum atomic E-state index is 13.2. The third-order valence-corrected chi connectivity index (χ3v) is 7.40. The highest BCUT2D eigenvalue weighted by Gasteiger charge is 2.27. The van der Waals surface area contributed by atoms with Gasteiger partial charge in [-0.3, -0.25) is 9.69 Å². The summed E-state index contributed by atoms with van der Waals surface area (Å²) >= 11 is 0. The smallest absolute Gasteiger partial charge is 0.243 e. The molecule has 0 aliphatic carbocycles. The normalized spacial score (nSPS) is 16.2. The summed E-state index contributed by atoms with van der Waals surface area (Å²) in [5.74, 6) is 0.757. The van der Waals surface area contributed by atoms with Crippen molar-refractivity contribution in [3.63, 3.8) is 0 Å². The number of aryl methyl sites for hydroxylation is 1. The van der Waals surface area contributed by atoms with Gasteiger partial charge in [0.15, 0.2) is 5.78 Å². The average molecular weight is 439 g/mol. The summed E-state index contributed by atoms with van der Waals surface area (Å²) in [6.45, 7) is 5.03. The molecule has 0 atom stereocenters. The van der Waals surface area contributed by atoms with Crippen LogP contribution in [0.5, 0.6) is 0 Å². The number of hydrogen-bond acceptors (Lipinski definition) is 5. The molecule has 3 aromatic rings. The van der Waals surface area contributed by atoms with E-state index in [-0.39, 0.29) is 10.7 Å². The van der Waals surface area contributed by atoms with E-state index < -0.39 is 10.0 Å². The maximum Gasteiger partial charge on any atom is 0.243 e. The Labute approximate surface area is 182 Å². The number of nitrogens with one attached hydrogen (secondary N) is 1. The number of imidazole rings is 1. The van der Waals surface area contributed by atoms with Gasteiger partial charge in [0, 0.05) is 49.2 Å². The molecule has 162 valence electrons. The molecule has 2 aromatic carbocycles. The molecule has 1 aliphatic heterocycles. The molecule has 0 radical (unpaired) electrons. The van der Waals surface area contributed by atoms with E-state index in [9.17, 15) is 13.2 Å². The van der Waals surface area contributed by atoms with Crippen LogP contribution in [0, 0.1) is 6.92 Å². The third kappa shape index (κ3) is 4.92. The lowest BCUT2D eigenvalue weighted by Crippen LogP contribution is -2.35. The first-order valence-corrected chi connectivity index (χ1v) is 11.8. The van der Waals surface area contributed by atoms with Crippen LogP contribution < -0.4 is 0 Å². The Hall–Kier alpha value is -2.81. The van der Waals surface area contributed by atoms with Crippen molar-refractivity contribution in [2.45, 2.75) is 24.8 Å². The molecule has 0 spiro atoms. The van der Waals surface area contributed by atoms with Crippen molar-refractivity contribution in [2.24, 2.45) is 0 Å². The molecule has 31 heavy (non-hydrogen) atoms. The van der Waals surface area contributed by atoms with Crippen molar-refractivity contribution < 1.29 is 13.2 Å². The number of H-pyrrole nitrogens is 1. The molecule has 0 bridgehead atoms. The third-order valence-electron chi connectivity index (χ3n) is 5.49. The Morgan fingerprint density at radius 3 is 2.35 bits per heavy atom. The second-order valence-corrected chi connectivity index (χ2v) is 9.69. The Bertz CT molecular complexity index is 1140. The molecular weight excluding hydrogens is 412 g/mol. The lowest BCUT2D eigenvalue weighted by atomic mass is 10.0. The fourth-order valence-corrected chi connectivity index (χ4v) is 5.29. The molecule has 8 heteroatoms. The lowest BCUT2D eigenvalue weighted by molar-refractivity contribution is 0.103. The van der Waals surface area contributed by atoms with Crippen LogP contribution >= 0.6 is 0 Å². The number of carbonyl (C=O) groups excluding carboxylic acids is 1. The molecule has 1 aromatic heterocycles. The van der Waals surface area contributed by atoms with Gasteiger partial charge in [0.2, 0.25) is 10.0 Å². The Balaban J connectivity index is 1.43. The van der Waals surface area contributed by atoms with Gasteiger partial charge < -0.3 is 4.98 Å². The van der Waals surface area contributed by atoms with E-state index in [1.54, 1.807) is 28.6 Å². The maximum absolute atomic E-state index is 13.2. The van der Waals surface area contributed by atoms with Crippen LogP contribution in [0.1, 0.15) is 33.9 Å². The van der Waals surface area contributed by atoms with Crippen molar-refractivity contribution in [3.05, 3.63) is 83.4 Å². The number of aromatic amines is 1. The molecule has 1 saturated heterocycles. The van der Waals surface area contributed by atoms with Gasteiger partial charge in [-0.05, 0) is 44.2 Å². The van der Waals surface area contributed by atoms with Gasteiger partial charge in [0.25, 0.3) is 0 Å². The predicted octanol–water partition coefficient (Wildman–Crippen LogP) is 2.85. The fraction of sp³-hybridized carbons (Fsp3) is 0.304. The predicted molar refractivity (Wildman–Crippen MR) is 118 cm³/mol. The zero-order valence-corrected chi connectivity index (χ0v) is 18.3. The second-order valence-electron chi connectivity index (χ2n) is 7.75. The highest BCUT2D eigenvalue weighted by atomic mass is 32.2. The molecule has 7 nitrogen and oxygen atoms in total. The molecule has 1 N–H and O–H groups in total. The Morgan fingerprint density at radius 2 is 1.68 bits per heavy atom. The van der Waals surface area contributed by atoms with Crippen LogP contribution in [-0.4, -0.2) is 59.6 Å².